The van der Waals surface area contributed by atoms with E-state index in [4.69, 9.17) is 9.47 Å². The monoisotopic (exact) mass is 441 g/mol. The normalized spacial score (nSPS) is 40.5. The van der Waals surface area contributed by atoms with Crippen molar-refractivity contribution in [3.05, 3.63) is 34.4 Å². The summed E-state index contributed by atoms with van der Waals surface area (Å²) in [5, 5.41) is 10.8. The lowest BCUT2D eigenvalue weighted by molar-refractivity contribution is -0.384. The van der Waals surface area contributed by atoms with E-state index in [2.05, 4.69) is 13.8 Å². The quantitative estimate of drug-likeness (QED) is 0.220. The molecular weight excluding hydrogens is 406 g/mol. The van der Waals surface area contributed by atoms with Crippen LogP contribution in [0.5, 0.6) is 5.75 Å². The average molecular weight is 442 g/mol. The summed E-state index contributed by atoms with van der Waals surface area (Å²) in [5.41, 5.74) is 0.499. The van der Waals surface area contributed by atoms with Crippen molar-refractivity contribution in [1.29, 1.82) is 0 Å². The minimum absolute atomic E-state index is 0.0214. The van der Waals surface area contributed by atoms with Crippen LogP contribution in [-0.2, 0) is 4.74 Å². The summed E-state index contributed by atoms with van der Waals surface area (Å²) in [4.78, 5) is 22.9. The fourth-order valence-corrected chi connectivity index (χ4v) is 8.31. The third kappa shape index (κ3) is 3.50. The molecule has 0 unspecified atom stereocenters. The Hall–Kier alpha value is -2.11. The van der Waals surface area contributed by atoms with Gasteiger partial charge in [0.15, 0.2) is 0 Å². The summed E-state index contributed by atoms with van der Waals surface area (Å²) in [6.45, 7) is 4.92. The topological polar surface area (TPSA) is 78.7 Å². The molecule has 4 fully saturated rings. The minimum Gasteiger partial charge on any atom is -0.430 e. The molecule has 0 heterocycles. The highest BCUT2D eigenvalue weighted by atomic mass is 16.7. The van der Waals surface area contributed by atoms with Gasteiger partial charge < -0.3 is 9.47 Å². The number of hydrogen-bond acceptors (Lipinski definition) is 5. The highest BCUT2D eigenvalue weighted by molar-refractivity contribution is 5.64. The van der Waals surface area contributed by atoms with E-state index in [1.807, 2.05) is 0 Å². The second-order valence-electron chi connectivity index (χ2n) is 11.2. The molecule has 0 N–H and O–H groups in total. The van der Waals surface area contributed by atoms with Crippen LogP contribution in [0.2, 0.25) is 0 Å². The first-order valence-electron chi connectivity index (χ1n) is 12.4. The van der Waals surface area contributed by atoms with Gasteiger partial charge in [-0.1, -0.05) is 26.7 Å². The molecule has 0 radical (unpaired) electrons. The molecule has 32 heavy (non-hydrogen) atoms. The third-order valence-corrected chi connectivity index (χ3v) is 9.98. The first-order chi connectivity index (χ1) is 15.3. The van der Waals surface area contributed by atoms with Gasteiger partial charge in [0.2, 0.25) is 0 Å². The lowest BCUT2D eigenvalue weighted by Crippen LogP contribution is -2.53. The molecule has 1 aromatic carbocycles. The van der Waals surface area contributed by atoms with Crippen LogP contribution in [0.3, 0.4) is 0 Å². The molecule has 0 saturated heterocycles. The predicted molar refractivity (Wildman–Crippen MR) is 120 cm³/mol. The van der Waals surface area contributed by atoms with Crippen molar-refractivity contribution in [2.24, 2.45) is 34.5 Å². The van der Waals surface area contributed by atoms with Crippen LogP contribution >= 0.6 is 0 Å². The smallest absolute Gasteiger partial charge is 0.430 e. The molecule has 6 heteroatoms. The van der Waals surface area contributed by atoms with Crippen LogP contribution in [0.15, 0.2) is 24.3 Å². The summed E-state index contributed by atoms with van der Waals surface area (Å²) >= 11 is 0. The van der Waals surface area contributed by atoms with Gasteiger partial charge in [0.05, 0.1) is 4.92 Å². The first kappa shape index (κ1) is 21.7. The van der Waals surface area contributed by atoms with Gasteiger partial charge in [-0.2, -0.15) is 0 Å². The number of nitrogens with zero attached hydrogens (tertiary/aromatic N) is 1. The number of hydrogen-bond donors (Lipinski definition) is 0. The van der Waals surface area contributed by atoms with Crippen LogP contribution in [-0.4, -0.2) is 17.2 Å². The zero-order chi connectivity index (χ0) is 22.5. The Bertz CT molecular complexity index is 885. The summed E-state index contributed by atoms with van der Waals surface area (Å²) < 4.78 is 11.2. The van der Waals surface area contributed by atoms with Gasteiger partial charge in [0.1, 0.15) is 11.9 Å². The molecule has 0 aliphatic heterocycles. The van der Waals surface area contributed by atoms with E-state index in [0.29, 0.717) is 11.3 Å². The second-order valence-corrected chi connectivity index (χ2v) is 11.2. The molecule has 0 aromatic heterocycles. The molecule has 0 amide bonds. The lowest BCUT2D eigenvalue weighted by Gasteiger charge is -2.60. The van der Waals surface area contributed by atoms with Crippen molar-refractivity contribution in [2.45, 2.75) is 84.2 Å². The van der Waals surface area contributed by atoms with E-state index in [9.17, 15) is 14.9 Å². The minimum atomic E-state index is -0.698. The van der Waals surface area contributed by atoms with Gasteiger partial charge in [-0.15, -0.1) is 0 Å². The van der Waals surface area contributed by atoms with Crippen LogP contribution < -0.4 is 4.74 Å². The lowest BCUT2D eigenvalue weighted by atomic mass is 9.45. The number of carbonyl (C=O) groups excluding carboxylic acids is 1. The van der Waals surface area contributed by atoms with E-state index in [-0.39, 0.29) is 23.0 Å². The Morgan fingerprint density at radius 3 is 2.44 bits per heavy atom. The van der Waals surface area contributed by atoms with Crippen molar-refractivity contribution >= 4 is 11.8 Å². The fraction of sp³-hybridized carbons (Fsp3) is 0.731. The number of fused-ring (bicyclic) bond motifs is 5. The molecule has 4 aliphatic carbocycles. The van der Waals surface area contributed by atoms with Crippen LogP contribution in [0.1, 0.15) is 78.1 Å². The number of rotatable bonds is 3. The van der Waals surface area contributed by atoms with Crippen molar-refractivity contribution in [2.75, 3.05) is 0 Å². The van der Waals surface area contributed by atoms with E-state index in [1.54, 1.807) is 0 Å². The van der Waals surface area contributed by atoms with Gasteiger partial charge in [-0.3, -0.25) is 10.1 Å². The second kappa shape index (κ2) is 8.03. The SMILES string of the molecule is C[C@]12CCCC[C@@H]1CC[C@@H]1[C@@H]2CC[C@]2(C)[C@@H](OC(=O)Oc3ccc([N+](=O)[O-])cc3)CC[C@@H]12. The zero-order valence-corrected chi connectivity index (χ0v) is 19.3. The number of carbonyl (C=O) groups is 1. The standard InChI is InChI=1S/C26H35NO5/c1-25-15-4-3-5-17(25)6-11-20-21-12-13-23(26(21,2)16-14-22(20)25)32-24(28)31-19-9-7-18(8-10-19)27(29)30/h7-10,17,20-23H,3-6,11-16H2,1-2H3/t17-,20+,21+,22+,23+,25+,26+/m1/s1. The van der Waals surface area contributed by atoms with Crippen molar-refractivity contribution in [3.8, 4) is 5.75 Å². The molecule has 174 valence electrons. The maximum atomic E-state index is 12.5. The zero-order valence-electron chi connectivity index (χ0n) is 19.3. The predicted octanol–water partition coefficient (Wildman–Crippen LogP) is 6.91. The Morgan fingerprint density at radius 2 is 1.69 bits per heavy atom. The van der Waals surface area contributed by atoms with Crippen LogP contribution in [0.25, 0.3) is 0 Å². The Labute approximate surface area is 190 Å². The molecule has 4 aliphatic rings. The van der Waals surface area contributed by atoms with Crippen molar-refractivity contribution < 1.29 is 19.2 Å². The van der Waals surface area contributed by atoms with Gasteiger partial charge in [-0.05, 0) is 92.6 Å². The molecular formula is C26H35NO5. The van der Waals surface area contributed by atoms with E-state index in [1.165, 1.54) is 69.2 Å². The highest BCUT2D eigenvalue weighted by Gasteiger charge is 2.60. The summed E-state index contributed by atoms with van der Waals surface area (Å²) in [6, 6.07) is 5.54. The van der Waals surface area contributed by atoms with E-state index < -0.39 is 11.1 Å². The van der Waals surface area contributed by atoms with Crippen molar-refractivity contribution in [3.63, 3.8) is 0 Å². The van der Waals surface area contributed by atoms with Gasteiger partial charge in [0.25, 0.3) is 5.69 Å². The maximum Gasteiger partial charge on any atom is 0.514 e. The molecule has 1 aromatic rings. The molecule has 4 saturated carbocycles. The number of nitro benzene ring substituents is 1. The Kier molecular flexibility index (Phi) is 5.45. The first-order valence-corrected chi connectivity index (χ1v) is 12.4. The van der Waals surface area contributed by atoms with Crippen LogP contribution in [0.4, 0.5) is 10.5 Å². The summed E-state index contributed by atoms with van der Waals surface area (Å²) in [7, 11) is 0. The number of non-ortho nitro benzene ring substituents is 1. The van der Waals surface area contributed by atoms with Crippen LogP contribution in [0, 0.1) is 44.6 Å². The fourth-order valence-electron chi connectivity index (χ4n) is 8.31. The summed E-state index contributed by atoms with van der Waals surface area (Å²) in [5.74, 6) is 3.38. The van der Waals surface area contributed by atoms with E-state index in [0.717, 1.165) is 37.0 Å². The maximum absolute atomic E-state index is 12.5. The summed E-state index contributed by atoms with van der Waals surface area (Å²) in [6.07, 6.45) is 11.9. The molecule has 7 atom stereocenters. The number of ether oxygens (including phenoxy) is 2. The van der Waals surface area contributed by atoms with E-state index >= 15 is 0 Å². The van der Waals surface area contributed by atoms with Crippen molar-refractivity contribution in [1.82, 2.24) is 0 Å². The Balaban J connectivity index is 1.25. The van der Waals surface area contributed by atoms with Gasteiger partial charge in [0, 0.05) is 17.5 Å². The molecule has 0 spiro atoms. The van der Waals surface area contributed by atoms with Gasteiger partial charge in [-0.25, -0.2) is 4.79 Å². The molecule has 0 bridgehead atoms. The number of nitro groups is 1. The molecule has 5 rings (SSSR count). The molecule has 6 nitrogen and oxygen atoms in total. The third-order valence-electron chi connectivity index (χ3n) is 9.98. The number of benzene rings is 1. The largest absolute Gasteiger partial charge is 0.514 e. The highest BCUT2D eigenvalue weighted by Crippen LogP contribution is 2.66. The van der Waals surface area contributed by atoms with Gasteiger partial charge >= 0.3 is 6.16 Å². The average Bonchev–Trinajstić information content (AvgIpc) is 3.09. The Morgan fingerprint density at radius 1 is 0.938 bits per heavy atom.